The van der Waals surface area contributed by atoms with Gasteiger partial charge in [0.1, 0.15) is 11.0 Å². The number of nitrogens with zero attached hydrogens (tertiary/aromatic N) is 4. The minimum absolute atomic E-state index is 0.230. The molecule has 0 bridgehead atoms. The Kier molecular flexibility index (Phi) is 2.75. The topological polar surface area (TPSA) is 72.7 Å². The normalized spacial score (nSPS) is 10.8. The third-order valence-electron chi connectivity index (χ3n) is 2.86. The average molecular weight is 273 g/mol. The zero-order chi connectivity index (χ0) is 13.4. The number of aromatic nitrogens is 4. The van der Waals surface area contributed by atoms with E-state index in [0.29, 0.717) is 11.4 Å². The van der Waals surface area contributed by atoms with Gasteiger partial charge in [-0.25, -0.2) is 0 Å². The van der Waals surface area contributed by atoms with Gasteiger partial charge in [-0.1, -0.05) is 0 Å². The molecule has 6 nitrogen and oxygen atoms in total. The Morgan fingerprint density at radius 3 is 2.79 bits per heavy atom. The standard InChI is InChI=1S/C12H11N5OS/c1-7-5-11(14-17(7)2)12(18)13-8-3-4-9-10(6-8)16-19-15-9/h3-6H,1-2H3,(H,13,18). The lowest BCUT2D eigenvalue weighted by Crippen LogP contribution is -2.12. The predicted molar refractivity (Wildman–Crippen MR) is 73.3 cm³/mol. The predicted octanol–water partition coefficient (Wildman–Crippen LogP) is 1.99. The van der Waals surface area contributed by atoms with Crippen molar-refractivity contribution in [3.05, 3.63) is 35.7 Å². The molecule has 96 valence electrons. The van der Waals surface area contributed by atoms with Crippen molar-refractivity contribution in [3.63, 3.8) is 0 Å². The van der Waals surface area contributed by atoms with E-state index >= 15 is 0 Å². The smallest absolute Gasteiger partial charge is 0.276 e. The molecule has 0 aliphatic carbocycles. The summed E-state index contributed by atoms with van der Waals surface area (Å²) in [6.07, 6.45) is 0. The van der Waals surface area contributed by atoms with Crippen molar-refractivity contribution >= 4 is 34.4 Å². The molecule has 0 aliphatic heterocycles. The van der Waals surface area contributed by atoms with Gasteiger partial charge in [0.15, 0.2) is 5.69 Å². The highest BCUT2D eigenvalue weighted by Crippen LogP contribution is 2.17. The number of nitrogens with one attached hydrogen (secondary N) is 1. The lowest BCUT2D eigenvalue weighted by Gasteiger charge is -2.02. The van der Waals surface area contributed by atoms with E-state index in [0.717, 1.165) is 28.5 Å². The van der Waals surface area contributed by atoms with Crippen LogP contribution in [0.4, 0.5) is 5.69 Å². The third-order valence-corrected chi connectivity index (χ3v) is 3.41. The fraction of sp³-hybridized carbons (Fsp3) is 0.167. The Morgan fingerprint density at radius 1 is 1.26 bits per heavy atom. The molecule has 1 aromatic carbocycles. The van der Waals surface area contributed by atoms with Gasteiger partial charge in [0.2, 0.25) is 0 Å². The second-order valence-corrected chi connectivity index (χ2v) is 4.74. The molecular formula is C12H11N5OS. The molecule has 7 heteroatoms. The van der Waals surface area contributed by atoms with Gasteiger partial charge < -0.3 is 5.32 Å². The minimum Gasteiger partial charge on any atom is -0.321 e. The molecule has 1 N–H and O–H groups in total. The molecule has 0 unspecified atom stereocenters. The second-order valence-electron chi connectivity index (χ2n) is 4.22. The quantitative estimate of drug-likeness (QED) is 0.775. The number of hydrogen-bond acceptors (Lipinski definition) is 5. The summed E-state index contributed by atoms with van der Waals surface area (Å²) >= 11 is 1.15. The van der Waals surface area contributed by atoms with E-state index < -0.39 is 0 Å². The summed E-state index contributed by atoms with van der Waals surface area (Å²) in [5, 5.41) is 6.94. The van der Waals surface area contributed by atoms with E-state index in [-0.39, 0.29) is 5.91 Å². The van der Waals surface area contributed by atoms with Crippen molar-refractivity contribution in [2.75, 3.05) is 5.32 Å². The maximum atomic E-state index is 12.0. The van der Waals surface area contributed by atoms with Crippen LogP contribution in [0.25, 0.3) is 11.0 Å². The molecule has 19 heavy (non-hydrogen) atoms. The summed E-state index contributed by atoms with van der Waals surface area (Å²) in [6, 6.07) is 7.18. The van der Waals surface area contributed by atoms with Crippen LogP contribution in [0.2, 0.25) is 0 Å². The van der Waals surface area contributed by atoms with Crippen LogP contribution in [-0.2, 0) is 7.05 Å². The zero-order valence-electron chi connectivity index (χ0n) is 10.4. The minimum atomic E-state index is -0.230. The molecule has 0 aliphatic rings. The number of carbonyl (C=O) groups is 1. The Morgan fingerprint density at radius 2 is 2.05 bits per heavy atom. The molecule has 2 heterocycles. The van der Waals surface area contributed by atoms with E-state index in [2.05, 4.69) is 19.2 Å². The van der Waals surface area contributed by atoms with Crippen LogP contribution in [0.5, 0.6) is 0 Å². The monoisotopic (exact) mass is 273 g/mol. The molecule has 0 fully saturated rings. The summed E-state index contributed by atoms with van der Waals surface area (Å²) < 4.78 is 9.92. The van der Waals surface area contributed by atoms with Crippen LogP contribution in [0.15, 0.2) is 24.3 Å². The van der Waals surface area contributed by atoms with E-state index in [1.807, 2.05) is 13.0 Å². The van der Waals surface area contributed by atoms with E-state index in [4.69, 9.17) is 0 Å². The number of hydrogen-bond donors (Lipinski definition) is 1. The first-order chi connectivity index (χ1) is 9.13. The molecular weight excluding hydrogens is 262 g/mol. The summed E-state index contributed by atoms with van der Waals surface area (Å²) in [4.78, 5) is 12.0. The van der Waals surface area contributed by atoms with Crippen LogP contribution in [0.3, 0.4) is 0 Å². The highest BCUT2D eigenvalue weighted by molar-refractivity contribution is 7.00. The van der Waals surface area contributed by atoms with Gasteiger partial charge in [0.05, 0.1) is 11.7 Å². The van der Waals surface area contributed by atoms with Gasteiger partial charge in [0, 0.05) is 18.4 Å². The molecule has 0 saturated heterocycles. The van der Waals surface area contributed by atoms with E-state index in [1.54, 1.807) is 29.9 Å². The molecule has 3 rings (SSSR count). The van der Waals surface area contributed by atoms with Gasteiger partial charge in [0.25, 0.3) is 5.91 Å². The van der Waals surface area contributed by atoms with Crippen molar-refractivity contribution in [3.8, 4) is 0 Å². The number of amides is 1. The van der Waals surface area contributed by atoms with Crippen molar-refractivity contribution in [1.82, 2.24) is 18.5 Å². The van der Waals surface area contributed by atoms with Crippen molar-refractivity contribution in [2.24, 2.45) is 7.05 Å². The lowest BCUT2D eigenvalue weighted by molar-refractivity contribution is 0.102. The van der Waals surface area contributed by atoms with E-state index in [1.165, 1.54) is 0 Å². The SMILES string of the molecule is Cc1cc(C(=O)Nc2ccc3nsnc3c2)nn1C. The summed E-state index contributed by atoms with van der Waals surface area (Å²) in [6.45, 7) is 1.90. The number of aryl methyl sites for hydroxylation is 2. The maximum Gasteiger partial charge on any atom is 0.276 e. The Balaban J connectivity index is 1.85. The average Bonchev–Trinajstić information content (AvgIpc) is 2.96. The molecule has 1 amide bonds. The Labute approximate surface area is 113 Å². The summed E-state index contributed by atoms with van der Waals surface area (Å²) in [5.74, 6) is -0.230. The molecule has 0 spiro atoms. The van der Waals surface area contributed by atoms with Crippen molar-refractivity contribution in [1.29, 1.82) is 0 Å². The van der Waals surface area contributed by atoms with Crippen LogP contribution >= 0.6 is 11.7 Å². The molecule has 0 atom stereocenters. The van der Waals surface area contributed by atoms with Gasteiger partial charge in [-0.3, -0.25) is 9.48 Å². The zero-order valence-corrected chi connectivity index (χ0v) is 11.2. The summed E-state index contributed by atoms with van der Waals surface area (Å²) in [7, 11) is 1.80. The first-order valence-corrected chi connectivity index (χ1v) is 6.41. The van der Waals surface area contributed by atoms with Crippen molar-refractivity contribution in [2.45, 2.75) is 6.92 Å². The van der Waals surface area contributed by atoms with Crippen LogP contribution in [0, 0.1) is 6.92 Å². The van der Waals surface area contributed by atoms with E-state index in [9.17, 15) is 4.79 Å². The number of benzene rings is 1. The molecule has 0 radical (unpaired) electrons. The highest BCUT2D eigenvalue weighted by Gasteiger charge is 2.11. The first kappa shape index (κ1) is 11.8. The molecule has 2 aromatic heterocycles. The van der Waals surface area contributed by atoms with Gasteiger partial charge in [-0.2, -0.15) is 13.8 Å². The largest absolute Gasteiger partial charge is 0.321 e. The fourth-order valence-corrected chi connectivity index (χ4v) is 2.24. The Hall–Kier alpha value is -2.28. The molecule has 0 saturated carbocycles. The highest BCUT2D eigenvalue weighted by atomic mass is 32.1. The number of fused-ring (bicyclic) bond motifs is 1. The van der Waals surface area contributed by atoms with Gasteiger partial charge >= 0.3 is 0 Å². The maximum absolute atomic E-state index is 12.0. The van der Waals surface area contributed by atoms with Crippen LogP contribution in [0.1, 0.15) is 16.2 Å². The van der Waals surface area contributed by atoms with Gasteiger partial charge in [-0.05, 0) is 31.2 Å². The number of anilines is 1. The van der Waals surface area contributed by atoms with Crippen molar-refractivity contribution < 1.29 is 4.79 Å². The number of rotatable bonds is 2. The lowest BCUT2D eigenvalue weighted by atomic mass is 10.2. The Bertz CT molecular complexity index is 741. The molecule has 3 aromatic rings. The summed E-state index contributed by atoms with van der Waals surface area (Å²) in [5.41, 5.74) is 3.63. The first-order valence-electron chi connectivity index (χ1n) is 5.68. The van der Waals surface area contributed by atoms with Gasteiger partial charge in [-0.15, -0.1) is 0 Å². The fourth-order valence-electron chi connectivity index (χ4n) is 1.73. The van der Waals surface area contributed by atoms with Crippen LogP contribution < -0.4 is 5.32 Å². The third kappa shape index (κ3) is 2.19. The van der Waals surface area contributed by atoms with Crippen LogP contribution in [-0.4, -0.2) is 24.4 Å². The number of carbonyl (C=O) groups excluding carboxylic acids is 1. The second kappa shape index (κ2) is 4.43.